The number of allylic oxidation sites excluding steroid dienone is 12. The van der Waals surface area contributed by atoms with Gasteiger partial charge in [0.25, 0.3) is 0 Å². The summed E-state index contributed by atoms with van der Waals surface area (Å²) < 4.78 is 16.8. The van der Waals surface area contributed by atoms with E-state index in [0.717, 1.165) is 77.0 Å². The van der Waals surface area contributed by atoms with Crippen LogP contribution in [0.1, 0.15) is 310 Å². The average Bonchev–Trinajstić information content (AvgIpc) is 3.38. The van der Waals surface area contributed by atoms with Gasteiger partial charge < -0.3 is 14.2 Å². The van der Waals surface area contributed by atoms with E-state index in [9.17, 15) is 14.4 Å². The van der Waals surface area contributed by atoms with Crippen LogP contribution in [0.5, 0.6) is 0 Å². The molecule has 0 N–H and O–H groups in total. The molecular weight excluding hydrogens is 889 g/mol. The van der Waals surface area contributed by atoms with E-state index >= 15 is 0 Å². The van der Waals surface area contributed by atoms with Crippen molar-refractivity contribution in [1.29, 1.82) is 0 Å². The van der Waals surface area contributed by atoms with Gasteiger partial charge in [0, 0.05) is 19.3 Å². The molecule has 0 fully saturated rings. The zero-order valence-electron chi connectivity index (χ0n) is 47.7. The van der Waals surface area contributed by atoms with Gasteiger partial charge in [-0.3, -0.25) is 14.4 Å². The molecule has 0 aliphatic heterocycles. The van der Waals surface area contributed by atoms with E-state index in [1.807, 2.05) is 0 Å². The monoisotopic (exact) mass is 1000 g/mol. The standard InChI is InChI=1S/C66H116O6/c1-4-7-10-13-16-19-22-25-27-29-30-31-32-33-34-35-36-38-39-41-44-47-50-53-56-59-65(68)71-62-63(61-70-64(67)58-55-52-49-46-43-24-21-18-15-12-9-6-3)72-66(69)60-57-54-51-48-45-42-40-37-28-26-23-20-17-14-11-8-5-2/h8,11,17,20,26,28-30,40,42,48,51,63H,4-7,9-10,12-16,18-19,21-25,27,31-39,41,43-47,49-50,52-62H2,1-3H3/b11-8-,20-17-,28-26-,30-29-,42-40-,51-48-. The highest BCUT2D eigenvalue weighted by atomic mass is 16.6. The summed E-state index contributed by atoms with van der Waals surface area (Å²) in [5.41, 5.74) is 0. The summed E-state index contributed by atoms with van der Waals surface area (Å²) in [6.45, 7) is 6.51. The Balaban J connectivity index is 4.31. The molecule has 0 aliphatic carbocycles. The fraction of sp³-hybridized carbons (Fsp3) is 0.773. The number of carbonyl (C=O) groups is 3. The Kier molecular flexibility index (Phi) is 57.8. The van der Waals surface area contributed by atoms with Crippen LogP contribution in [0.25, 0.3) is 0 Å². The second-order valence-electron chi connectivity index (χ2n) is 20.6. The lowest BCUT2D eigenvalue weighted by atomic mass is 10.0. The van der Waals surface area contributed by atoms with Gasteiger partial charge in [-0.05, 0) is 83.5 Å². The van der Waals surface area contributed by atoms with Gasteiger partial charge in [0.15, 0.2) is 6.10 Å². The van der Waals surface area contributed by atoms with E-state index in [2.05, 4.69) is 93.7 Å². The van der Waals surface area contributed by atoms with Gasteiger partial charge in [0.05, 0.1) is 0 Å². The van der Waals surface area contributed by atoms with E-state index in [1.165, 1.54) is 186 Å². The first-order chi connectivity index (χ1) is 35.5. The molecule has 0 aromatic heterocycles. The Bertz CT molecular complexity index is 1340. The van der Waals surface area contributed by atoms with Crippen LogP contribution in [0.4, 0.5) is 0 Å². The summed E-state index contributed by atoms with van der Waals surface area (Å²) >= 11 is 0. The van der Waals surface area contributed by atoms with Crippen molar-refractivity contribution in [1.82, 2.24) is 0 Å². The quantitative estimate of drug-likeness (QED) is 0.0261. The first kappa shape index (κ1) is 68.8. The Morgan fingerprint density at radius 1 is 0.292 bits per heavy atom. The fourth-order valence-corrected chi connectivity index (χ4v) is 8.83. The summed E-state index contributed by atoms with van der Waals surface area (Å²) in [6, 6.07) is 0. The molecule has 0 rings (SSSR count). The number of ether oxygens (including phenoxy) is 3. The van der Waals surface area contributed by atoms with E-state index in [4.69, 9.17) is 14.2 Å². The van der Waals surface area contributed by atoms with Crippen molar-refractivity contribution in [2.45, 2.75) is 316 Å². The molecule has 0 aromatic rings. The highest BCUT2D eigenvalue weighted by Crippen LogP contribution is 2.16. The molecule has 72 heavy (non-hydrogen) atoms. The van der Waals surface area contributed by atoms with Gasteiger partial charge >= 0.3 is 17.9 Å². The van der Waals surface area contributed by atoms with Crippen molar-refractivity contribution in [2.75, 3.05) is 13.2 Å². The maximum atomic E-state index is 12.8. The number of carbonyl (C=O) groups excluding carboxylic acids is 3. The predicted octanol–water partition coefficient (Wildman–Crippen LogP) is 20.9. The van der Waals surface area contributed by atoms with E-state index in [0.29, 0.717) is 19.3 Å². The van der Waals surface area contributed by atoms with Crippen LogP contribution in [0.3, 0.4) is 0 Å². The van der Waals surface area contributed by atoms with Gasteiger partial charge in [-0.2, -0.15) is 0 Å². The first-order valence-electron chi connectivity index (χ1n) is 30.9. The van der Waals surface area contributed by atoms with Crippen molar-refractivity contribution in [2.24, 2.45) is 0 Å². The second-order valence-corrected chi connectivity index (χ2v) is 20.6. The SMILES string of the molecule is CC/C=C\C/C=C\C/C=C\C/C=C\C/C=C\CCCC(=O)OC(COC(=O)CCCCCCCCCCCCCC)COC(=O)CCCCCCCCCCCCCCC/C=C\CCCCCCCCCC. The van der Waals surface area contributed by atoms with E-state index in [1.54, 1.807) is 0 Å². The Morgan fingerprint density at radius 2 is 0.556 bits per heavy atom. The highest BCUT2D eigenvalue weighted by molar-refractivity contribution is 5.71. The van der Waals surface area contributed by atoms with Gasteiger partial charge in [-0.1, -0.05) is 280 Å². The molecule has 0 amide bonds. The average molecular weight is 1010 g/mol. The molecule has 0 aromatic carbocycles. The van der Waals surface area contributed by atoms with Gasteiger partial charge in [0.2, 0.25) is 0 Å². The summed E-state index contributed by atoms with van der Waals surface area (Å²) in [5, 5.41) is 0. The molecule has 0 heterocycles. The minimum Gasteiger partial charge on any atom is -0.462 e. The van der Waals surface area contributed by atoms with Crippen LogP contribution >= 0.6 is 0 Å². The van der Waals surface area contributed by atoms with Crippen LogP contribution in [0, 0.1) is 0 Å². The van der Waals surface area contributed by atoms with Crippen molar-refractivity contribution >= 4 is 17.9 Å². The van der Waals surface area contributed by atoms with Crippen molar-refractivity contribution in [3.63, 3.8) is 0 Å². The summed E-state index contributed by atoms with van der Waals surface area (Å²) in [7, 11) is 0. The first-order valence-corrected chi connectivity index (χ1v) is 30.9. The van der Waals surface area contributed by atoms with Crippen LogP contribution in [-0.4, -0.2) is 37.2 Å². The largest absolute Gasteiger partial charge is 0.462 e. The minimum atomic E-state index is -0.803. The molecule has 6 nitrogen and oxygen atoms in total. The van der Waals surface area contributed by atoms with Crippen molar-refractivity contribution in [3.05, 3.63) is 72.9 Å². The number of rotatable bonds is 56. The predicted molar refractivity (Wildman–Crippen MR) is 311 cm³/mol. The van der Waals surface area contributed by atoms with Gasteiger partial charge in [-0.15, -0.1) is 0 Å². The summed E-state index contributed by atoms with van der Waals surface area (Å²) in [5.74, 6) is -0.942. The molecule has 0 saturated carbocycles. The van der Waals surface area contributed by atoms with Crippen molar-refractivity contribution in [3.8, 4) is 0 Å². The molecule has 0 radical (unpaired) electrons. The maximum absolute atomic E-state index is 12.8. The lowest BCUT2D eigenvalue weighted by Gasteiger charge is -2.18. The number of hydrogen-bond acceptors (Lipinski definition) is 6. The summed E-state index contributed by atoms with van der Waals surface area (Å²) in [4.78, 5) is 38.2. The molecule has 1 atom stereocenters. The Hall–Kier alpha value is -3.15. The third-order valence-electron chi connectivity index (χ3n) is 13.4. The summed E-state index contributed by atoms with van der Waals surface area (Å²) in [6.07, 6.45) is 77.8. The lowest BCUT2D eigenvalue weighted by molar-refractivity contribution is -0.167. The third-order valence-corrected chi connectivity index (χ3v) is 13.4. The zero-order chi connectivity index (χ0) is 52.2. The van der Waals surface area contributed by atoms with Crippen LogP contribution in [-0.2, 0) is 28.6 Å². The number of unbranched alkanes of at least 4 members (excludes halogenated alkanes) is 33. The van der Waals surface area contributed by atoms with Gasteiger partial charge in [-0.25, -0.2) is 0 Å². The third kappa shape index (κ3) is 57.7. The molecular formula is C66H116O6. The van der Waals surface area contributed by atoms with E-state index < -0.39 is 6.10 Å². The normalized spacial score (nSPS) is 12.5. The highest BCUT2D eigenvalue weighted by Gasteiger charge is 2.19. The topological polar surface area (TPSA) is 78.9 Å². The lowest BCUT2D eigenvalue weighted by Crippen LogP contribution is -2.30. The zero-order valence-corrected chi connectivity index (χ0v) is 47.7. The van der Waals surface area contributed by atoms with Crippen LogP contribution in [0.2, 0.25) is 0 Å². The van der Waals surface area contributed by atoms with E-state index in [-0.39, 0.29) is 37.5 Å². The number of hydrogen-bond donors (Lipinski definition) is 0. The Labute approximate surface area is 446 Å². The Morgan fingerprint density at radius 3 is 0.903 bits per heavy atom. The smallest absolute Gasteiger partial charge is 0.306 e. The molecule has 0 bridgehead atoms. The number of esters is 3. The van der Waals surface area contributed by atoms with Gasteiger partial charge in [0.1, 0.15) is 13.2 Å². The molecule has 6 heteroatoms. The molecule has 0 spiro atoms. The minimum absolute atomic E-state index is 0.0950. The fourth-order valence-electron chi connectivity index (χ4n) is 8.83. The second kappa shape index (κ2) is 60.4. The van der Waals surface area contributed by atoms with Crippen LogP contribution < -0.4 is 0 Å². The molecule has 1 unspecified atom stereocenters. The van der Waals surface area contributed by atoms with Crippen LogP contribution in [0.15, 0.2) is 72.9 Å². The molecule has 416 valence electrons. The van der Waals surface area contributed by atoms with Crippen molar-refractivity contribution < 1.29 is 28.6 Å². The molecule has 0 saturated heterocycles. The molecule has 0 aliphatic rings. The maximum Gasteiger partial charge on any atom is 0.306 e.